The Morgan fingerprint density at radius 1 is 1.13 bits per heavy atom. The molecule has 0 spiro atoms. The second kappa shape index (κ2) is 7.68. The highest BCUT2D eigenvalue weighted by Gasteiger charge is 2.19. The molecule has 30 heavy (non-hydrogen) atoms. The van der Waals surface area contributed by atoms with Crippen molar-refractivity contribution in [2.24, 2.45) is 0 Å². The van der Waals surface area contributed by atoms with Gasteiger partial charge in [0.15, 0.2) is 16.7 Å². The first-order chi connectivity index (χ1) is 14.7. The second-order valence-corrected chi connectivity index (χ2v) is 7.43. The first-order valence-electron chi connectivity index (χ1n) is 9.19. The lowest BCUT2D eigenvalue weighted by Crippen LogP contribution is -2.22. The molecule has 0 N–H and O–H groups in total. The van der Waals surface area contributed by atoms with Gasteiger partial charge in [-0.1, -0.05) is 53.3 Å². The number of ether oxygens (including phenoxy) is 2. The number of rotatable bonds is 6. The topological polar surface area (TPSA) is 92.3 Å². The van der Waals surface area contributed by atoms with Crippen molar-refractivity contribution >= 4 is 22.7 Å². The molecule has 2 aromatic carbocycles. The van der Waals surface area contributed by atoms with Crippen LogP contribution in [0.3, 0.4) is 0 Å². The third-order valence-electron chi connectivity index (χ3n) is 4.55. The van der Waals surface area contributed by atoms with E-state index in [1.165, 1.54) is 11.8 Å². The fraction of sp³-hybridized carbons (Fsp3) is 0.143. The highest BCUT2D eigenvalue weighted by Crippen LogP contribution is 2.35. The largest absolute Gasteiger partial charge is 0.454 e. The van der Waals surface area contributed by atoms with E-state index >= 15 is 0 Å². The summed E-state index contributed by atoms with van der Waals surface area (Å²) in [6.45, 7) is 4.21. The maximum Gasteiger partial charge on any atom is 0.262 e. The molecule has 5 rings (SSSR count). The van der Waals surface area contributed by atoms with Crippen LogP contribution in [-0.2, 0) is 12.3 Å². The minimum Gasteiger partial charge on any atom is -0.454 e. The summed E-state index contributed by atoms with van der Waals surface area (Å²) in [7, 11) is 0. The molecule has 0 amide bonds. The number of nitrogens with zero attached hydrogens (tertiary/aromatic N) is 4. The number of hydrogen-bond donors (Lipinski definition) is 0. The lowest BCUT2D eigenvalue weighted by Gasteiger charge is -2.11. The third kappa shape index (κ3) is 3.33. The molecule has 0 radical (unpaired) electrons. The molecule has 0 bridgehead atoms. The molecule has 8 nitrogen and oxygen atoms in total. The monoisotopic (exact) mass is 420 g/mol. The van der Waals surface area contributed by atoms with Crippen molar-refractivity contribution in [1.82, 2.24) is 19.7 Å². The molecule has 0 aliphatic carbocycles. The molecule has 0 saturated carbocycles. The minimum absolute atomic E-state index is 0.134. The molecule has 1 aliphatic rings. The van der Waals surface area contributed by atoms with E-state index in [1.54, 1.807) is 22.8 Å². The van der Waals surface area contributed by atoms with Gasteiger partial charge in [0.05, 0.1) is 16.7 Å². The zero-order chi connectivity index (χ0) is 20.5. The summed E-state index contributed by atoms with van der Waals surface area (Å²) in [4.78, 5) is 22.2. The van der Waals surface area contributed by atoms with E-state index in [-0.39, 0.29) is 12.4 Å². The Hall–Kier alpha value is -3.59. The summed E-state index contributed by atoms with van der Waals surface area (Å²) in [6.07, 6.45) is 1.66. The van der Waals surface area contributed by atoms with E-state index in [4.69, 9.17) is 14.0 Å². The van der Waals surface area contributed by atoms with Crippen molar-refractivity contribution < 1.29 is 14.0 Å². The molecular weight excluding hydrogens is 404 g/mol. The Kier molecular flexibility index (Phi) is 4.72. The Labute approximate surface area is 175 Å². The van der Waals surface area contributed by atoms with Crippen molar-refractivity contribution in [1.29, 1.82) is 0 Å². The van der Waals surface area contributed by atoms with Crippen LogP contribution in [0.5, 0.6) is 11.5 Å². The molecular formula is C21H16N4O4S. The molecule has 150 valence electrons. The van der Waals surface area contributed by atoms with Gasteiger partial charge in [-0.3, -0.25) is 9.36 Å². The molecule has 9 heteroatoms. The summed E-state index contributed by atoms with van der Waals surface area (Å²) >= 11 is 1.35. The van der Waals surface area contributed by atoms with Gasteiger partial charge in [-0.25, -0.2) is 4.98 Å². The average Bonchev–Trinajstić information content (AvgIpc) is 3.43. The van der Waals surface area contributed by atoms with E-state index in [2.05, 4.69) is 21.7 Å². The molecule has 1 aliphatic heterocycles. The number of thioether (sulfide) groups is 1. The smallest absolute Gasteiger partial charge is 0.262 e. The van der Waals surface area contributed by atoms with Crippen molar-refractivity contribution in [2.75, 3.05) is 6.79 Å². The summed E-state index contributed by atoms with van der Waals surface area (Å²) in [5, 5.41) is 5.03. The van der Waals surface area contributed by atoms with Gasteiger partial charge in [-0.2, -0.15) is 4.98 Å². The van der Waals surface area contributed by atoms with Crippen LogP contribution in [0.2, 0.25) is 0 Å². The number of allylic oxidation sites excluding steroid dienone is 1. The van der Waals surface area contributed by atoms with Gasteiger partial charge in [0.25, 0.3) is 5.56 Å². The molecule has 4 aromatic rings. The van der Waals surface area contributed by atoms with Crippen LogP contribution in [-0.4, -0.2) is 26.5 Å². The number of aromatic nitrogens is 4. The van der Waals surface area contributed by atoms with Gasteiger partial charge in [-0.05, 0) is 6.07 Å². The maximum atomic E-state index is 13.1. The van der Waals surface area contributed by atoms with Crippen LogP contribution in [0.4, 0.5) is 0 Å². The molecule has 0 unspecified atom stereocenters. The summed E-state index contributed by atoms with van der Waals surface area (Å²) in [5.74, 6) is 2.47. The van der Waals surface area contributed by atoms with E-state index in [9.17, 15) is 4.79 Å². The van der Waals surface area contributed by atoms with Crippen LogP contribution < -0.4 is 15.0 Å². The lowest BCUT2D eigenvalue weighted by molar-refractivity contribution is 0.174. The van der Waals surface area contributed by atoms with E-state index in [0.29, 0.717) is 51.6 Å². The van der Waals surface area contributed by atoms with Crippen LogP contribution in [0.15, 0.2) is 69.6 Å². The van der Waals surface area contributed by atoms with Crippen LogP contribution in [0.25, 0.3) is 22.3 Å². The molecule has 0 atom stereocenters. The van der Waals surface area contributed by atoms with E-state index in [1.807, 2.05) is 30.3 Å². The van der Waals surface area contributed by atoms with Gasteiger partial charge in [-0.15, -0.1) is 6.58 Å². The predicted molar refractivity (Wildman–Crippen MR) is 112 cm³/mol. The van der Waals surface area contributed by atoms with Crippen LogP contribution >= 0.6 is 11.8 Å². The molecule has 2 aromatic heterocycles. The fourth-order valence-corrected chi connectivity index (χ4v) is 3.98. The standard InChI is InChI=1S/C21H16N4O4S/c1-2-8-25-20(26)14-9-16-17(28-12-27-16)10-15(14)22-21(25)30-11-18-23-19(24-29-18)13-6-4-3-5-7-13/h2-7,9-10H,1,8,11-12H2. The van der Waals surface area contributed by atoms with Crippen molar-refractivity contribution in [2.45, 2.75) is 17.5 Å². The highest BCUT2D eigenvalue weighted by molar-refractivity contribution is 7.98. The van der Waals surface area contributed by atoms with Gasteiger partial charge in [0.1, 0.15) is 0 Å². The second-order valence-electron chi connectivity index (χ2n) is 6.49. The number of benzene rings is 2. The van der Waals surface area contributed by atoms with Crippen molar-refractivity contribution in [3.05, 3.63) is 71.4 Å². The normalized spacial score (nSPS) is 12.4. The van der Waals surface area contributed by atoms with E-state index < -0.39 is 0 Å². The zero-order valence-electron chi connectivity index (χ0n) is 15.8. The summed E-state index contributed by atoms with van der Waals surface area (Å²) in [5.41, 5.74) is 1.25. The van der Waals surface area contributed by atoms with Gasteiger partial charge < -0.3 is 14.0 Å². The average molecular weight is 420 g/mol. The first kappa shape index (κ1) is 18.4. The predicted octanol–water partition coefficient (Wildman–Crippen LogP) is 3.65. The maximum absolute atomic E-state index is 13.1. The van der Waals surface area contributed by atoms with E-state index in [0.717, 1.165) is 5.56 Å². The molecule has 3 heterocycles. The summed E-state index contributed by atoms with van der Waals surface area (Å²) < 4.78 is 17.7. The van der Waals surface area contributed by atoms with Crippen LogP contribution in [0, 0.1) is 0 Å². The minimum atomic E-state index is -0.170. The SMILES string of the molecule is C=CCn1c(SCc2nc(-c3ccccc3)no2)nc2cc3c(cc2c1=O)OCO3. The van der Waals surface area contributed by atoms with Gasteiger partial charge in [0, 0.05) is 18.2 Å². The Balaban J connectivity index is 1.47. The Morgan fingerprint density at radius 2 is 1.93 bits per heavy atom. The van der Waals surface area contributed by atoms with Gasteiger partial charge >= 0.3 is 0 Å². The quantitative estimate of drug-likeness (QED) is 0.265. The Morgan fingerprint density at radius 3 is 2.73 bits per heavy atom. The van der Waals surface area contributed by atoms with Crippen LogP contribution in [0.1, 0.15) is 5.89 Å². The van der Waals surface area contributed by atoms with Gasteiger partial charge in [0.2, 0.25) is 18.5 Å². The number of fused-ring (bicyclic) bond motifs is 2. The molecule has 0 fully saturated rings. The zero-order valence-corrected chi connectivity index (χ0v) is 16.6. The first-order valence-corrected chi connectivity index (χ1v) is 10.2. The fourth-order valence-electron chi connectivity index (χ4n) is 3.14. The molecule has 0 saturated heterocycles. The number of hydrogen-bond acceptors (Lipinski definition) is 8. The lowest BCUT2D eigenvalue weighted by atomic mass is 10.2. The summed E-state index contributed by atoms with van der Waals surface area (Å²) in [6, 6.07) is 13.0. The third-order valence-corrected chi connectivity index (χ3v) is 5.51. The van der Waals surface area contributed by atoms with Crippen molar-refractivity contribution in [3.8, 4) is 22.9 Å². The van der Waals surface area contributed by atoms with Crippen molar-refractivity contribution in [3.63, 3.8) is 0 Å². The highest BCUT2D eigenvalue weighted by atomic mass is 32.2. The Bertz CT molecular complexity index is 1300.